The number of aromatic nitrogens is 3. The average molecular weight is 396 g/mol. The molecule has 144 valence electrons. The summed E-state index contributed by atoms with van der Waals surface area (Å²) < 4.78 is 6.91. The maximum absolute atomic E-state index is 12.3. The van der Waals surface area contributed by atoms with E-state index in [4.69, 9.17) is 4.74 Å². The van der Waals surface area contributed by atoms with Crippen molar-refractivity contribution < 1.29 is 14.3 Å². The summed E-state index contributed by atoms with van der Waals surface area (Å²) in [5, 5.41) is 7.82. The van der Waals surface area contributed by atoms with Crippen molar-refractivity contribution in [2.75, 3.05) is 18.2 Å². The van der Waals surface area contributed by atoms with E-state index < -0.39 is 18.5 Å². The quantitative estimate of drug-likeness (QED) is 0.508. The SMILES string of the molecule is CSc1ncccc1C(=O)OCC(=O)Nc1c(C)nn(-c2ccccc2)c1C. The van der Waals surface area contributed by atoms with Crippen LogP contribution in [0, 0.1) is 13.8 Å². The van der Waals surface area contributed by atoms with Crippen molar-refractivity contribution in [3.8, 4) is 5.69 Å². The van der Waals surface area contributed by atoms with Gasteiger partial charge in [-0.05, 0) is 44.4 Å². The van der Waals surface area contributed by atoms with Crippen LogP contribution in [0.1, 0.15) is 21.7 Å². The third kappa shape index (κ3) is 4.23. The number of pyridine rings is 1. The van der Waals surface area contributed by atoms with E-state index in [0.29, 0.717) is 22.0 Å². The molecule has 0 aliphatic rings. The monoisotopic (exact) mass is 396 g/mol. The van der Waals surface area contributed by atoms with Crippen molar-refractivity contribution in [3.63, 3.8) is 0 Å². The highest BCUT2D eigenvalue weighted by Crippen LogP contribution is 2.23. The van der Waals surface area contributed by atoms with Gasteiger partial charge in [-0.3, -0.25) is 4.79 Å². The van der Waals surface area contributed by atoms with Crippen molar-refractivity contribution in [3.05, 3.63) is 65.6 Å². The topological polar surface area (TPSA) is 86.1 Å². The number of rotatable bonds is 6. The highest BCUT2D eigenvalue weighted by atomic mass is 32.2. The molecule has 3 rings (SSSR count). The molecule has 1 aromatic carbocycles. The minimum Gasteiger partial charge on any atom is -0.452 e. The van der Waals surface area contributed by atoms with E-state index >= 15 is 0 Å². The van der Waals surface area contributed by atoms with E-state index in [1.807, 2.05) is 50.4 Å². The van der Waals surface area contributed by atoms with E-state index in [9.17, 15) is 9.59 Å². The van der Waals surface area contributed by atoms with Crippen LogP contribution in [0.3, 0.4) is 0 Å². The van der Waals surface area contributed by atoms with Crippen molar-refractivity contribution in [1.82, 2.24) is 14.8 Å². The van der Waals surface area contributed by atoms with Gasteiger partial charge in [0.25, 0.3) is 5.91 Å². The lowest BCUT2D eigenvalue weighted by Crippen LogP contribution is -2.22. The second-order valence-electron chi connectivity index (χ2n) is 5.98. The first-order chi connectivity index (χ1) is 13.5. The number of hydrogen-bond acceptors (Lipinski definition) is 6. The summed E-state index contributed by atoms with van der Waals surface area (Å²) in [6.45, 7) is 3.29. The Morgan fingerprint density at radius 2 is 1.89 bits per heavy atom. The van der Waals surface area contributed by atoms with E-state index in [2.05, 4.69) is 15.4 Å². The van der Waals surface area contributed by atoms with Crippen LogP contribution < -0.4 is 5.32 Å². The molecule has 0 bridgehead atoms. The van der Waals surface area contributed by atoms with Crippen LogP contribution in [0.25, 0.3) is 5.69 Å². The number of aryl methyl sites for hydroxylation is 1. The summed E-state index contributed by atoms with van der Waals surface area (Å²) in [4.78, 5) is 28.7. The predicted molar refractivity (Wildman–Crippen MR) is 108 cm³/mol. The van der Waals surface area contributed by atoms with Gasteiger partial charge in [-0.25, -0.2) is 14.5 Å². The molecule has 28 heavy (non-hydrogen) atoms. The maximum Gasteiger partial charge on any atom is 0.341 e. The molecule has 0 saturated carbocycles. The molecule has 2 aromatic heterocycles. The number of carbonyl (C=O) groups excluding carboxylic acids is 2. The van der Waals surface area contributed by atoms with Crippen molar-refractivity contribution in [1.29, 1.82) is 0 Å². The van der Waals surface area contributed by atoms with Gasteiger partial charge in [0.15, 0.2) is 6.61 Å². The fourth-order valence-electron chi connectivity index (χ4n) is 2.74. The van der Waals surface area contributed by atoms with Gasteiger partial charge in [-0.1, -0.05) is 18.2 Å². The molecular formula is C20H20N4O3S. The smallest absolute Gasteiger partial charge is 0.341 e. The summed E-state index contributed by atoms with van der Waals surface area (Å²) in [7, 11) is 0. The molecule has 2 heterocycles. The number of anilines is 1. The van der Waals surface area contributed by atoms with Crippen LogP contribution in [0.4, 0.5) is 5.69 Å². The molecule has 0 fully saturated rings. The molecule has 0 radical (unpaired) electrons. The van der Waals surface area contributed by atoms with Crippen LogP contribution in [-0.4, -0.2) is 39.5 Å². The van der Waals surface area contributed by atoms with Gasteiger partial charge in [0.05, 0.1) is 28.3 Å². The van der Waals surface area contributed by atoms with Gasteiger partial charge in [0.1, 0.15) is 5.03 Å². The Bertz CT molecular complexity index is 1000. The molecule has 1 amide bonds. The first-order valence-corrected chi connectivity index (χ1v) is 9.81. The standard InChI is InChI=1S/C20H20N4O3S/c1-13-18(14(2)24(23-13)15-8-5-4-6-9-15)22-17(25)12-27-20(26)16-10-7-11-21-19(16)28-3/h4-11H,12H2,1-3H3,(H,22,25). The van der Waals surface area contributed by atoms with Crippen LogP contribution in [0.2, 0.25) is 0 Å². The van der Waals surface area contributed by atoms with Crippen molar-refractivity contribution in [2.24, 2.45) is 0 Å². The lowest BCUT2D eigenvalue weighted by atomic mass is 10.3. The molecule has 0 spiro atoms. The summed E-state index contributed by atoms with van der Waals surface area (Å²) in [5.41, 5.74) is 3.32. The number of amides is 1. The van der Waals surface area contributed by atoms with Crippen LogP contribution in [0.5, 0.6) is 0 Å². The van der Waals surface area contributed by atoms with Crippen molar-refractivity contribution in [2.45, 2.75) is 18.9 Å². The zero-order valence-corrected chi connectivity index (χ0v) is 16.6. The number of thioether (sulfide) groups is 1. The molecule has 3 aromatic rings. The van der Waals surface area contributed by atoms with Crippen LogP contribution in [-0.2, 0) is 9.53 Å². The molecule has 0 aliphatic heterocycles. The minimum absolute atomic E-state index is 0.340. The lowest BCUT2D eigenvalue weighted by molar-refractivity contribution is -0.119. The zero-order valence-electron chi connectivity index (χ0n) is 15.8. The second kappa shape index (κ2) is 8.71. The maximum atomic E-state index is 12.3. The number of benzene rings is 1. The van der Waals surface area contributed by atoms with Crippen LogP contribution in [0.15, 0.2) is 53.7 Å². The van der Waals surface area contributed by atoms with Gasteiger partial charge in [-0.2, -0.15) is 5.10 Å². The number of carbonyl (C=O) groups is 2. The van der Waals surface area contributed by atoms with Gasteiger partial charge in [0, 0.05) is 6.20 Å². The molecule has 0 saturated heterocycles. The molecule has 0 unspecified atom stereocenters. The molecule has 0 aliphatic carbocycles. The number of esters is 1. The Hall–Kier alpha value is -3.13. The third-order valence-corrected chi connectivity index (χ3v) is 4.79. The fourth-order valence-corrected chi connectivity index (χ4v) is 3.27. The predicted octanol–water partition coefficient (Wildman–Crippen LogP) is 3.40. The number of ether oxygens (including phenoxy) is 1. The Labute approximate surface area is 167 Å². The van der Waals surface area contributed by atoms with E-state index in [-0.39, 0.29) is 0 Å². The largest absolute Gasteiger partial charge is 0.452 e. The van der Waals surface area contributed by atoms with Gasteiger partial charge >= 0.3 is 5.97 Å². The van der Waals surface area contributed by atoms with E-state index in [1.165, 1.54) is 11.8 Å². The lowest BCUT2D eigenvalue weighted by Gasteiger charge is -2.09. The summed E-state index contributed by atoms with van der Waals surface area (Å²) in [6.07, 6.45) is 3.42. The zero-order chi connectivity index (χ0) is 20.1. The summed E-state index contributed by atoms with van der Waals surface area (Å²) >= 11 is 1.34. The Kier molecular flexibility index (Phi) is 6.10. The normalized spacial score (nSPS) is 10.5. The number of para-hydroxylation sites is 1. The molecular weight excluding hydrogens is 376 g/mol. The van der Waals surface area contributed by atoms with Crippen LogP contribution >= 0.6 is 11.8 Å². The number of nitrogens with zero attached hydrogens (tertiary/aromatic N) is 3. The second-order valence-corrected chi connectivity index (χ2v) is 6.77. The molecule has 8 heteroatoms. The first kappa shape index (κ1) is 19.6. The highest BCUT2D eigenvalue weighted by Gasteiger charge is 2.18. The third-order valence-electron chi connectivity index (χ3n) is 4.08. The summed E-state index contributed by atoms with van der Waals surface area (Å²) in [6, 6.07) is 12.9. The molecule has 0 atom stereocenters. The Balaban J connectivity index is 1.67. The first-order valence-electron chi connectivity index (χ1n) is 8.59. The number of nitrogens with one attached hydrogen (secondary N) is 1. The average Bonchev–Trinajstić information content (AvgIpc) is 3.00. The van der Waals surface area contributed by atoms with E-state index in [1.54, 1.807) is 23.0 Å². The molecule has 7 nitrogen and oxygen atoms in total. The Morgan fingerprint density at radius 3 is 2.61 bits per heavy atom. The molecule has 1 N–H and O–H groups in total. The highest BCUT2D eigenvalue weighted by molar-refractivity contribution is 7.98. The van der Waals surface area contributed by atoms with Gasteiger partial charge in [-0.15, -0.1) is 11.8 Å². The summed E-state index contributed by atoms with van der Waals surface area (Å²) in [5.74, 6) is -1.01. The minimum atomic E-state index is -0.582. The Morgan fingerprint density at radius 1 is 1.14 bits per heavy atom. The van der Waals surface area contributed by atoms with Crippen molar-refractivity contribution >= 4 is 29.3 Å². The van der Waals surface area contributed by atoms with Gasteiger partial charge < -0.3 is 10.1 Å². The van der Waals surface area contributed by atoms with Gasteiger partial charge in [0.2, 0.25) is 0 Å². The van der Waals surface area contributed by atoms with E-state index in [0.717, 1.165) is 11.4 Å². The fraction of sp³-hybridized carbons (Fsp3) is 0.200. The number of hydrogen-bond donors (Lipinski definition) is 1.